The van der Waals surface area contributed by atoms with Crippen molar-refractivity contribution in [3.05, 3.63) is 108 Å². The number of nitrogens with zero attached hydrogens (tertiary/aromatic N) is 5. The Morgan fingerprint density at radius 2 is 1.17 bits per heavy atom. The molecule has 0 aliphatic rings. The molecule has 0 spiro atoms. The van der Waals surface area contributed by atoms with Crippen LogP contribution in [0.4, 0.5) is 0 Å². The van der Waals surface area contributed by atoms with Crippen LogP contribution in [0.15, 0.2) is 97.1 Å². The Hall–Kier alpha value is -7.07. The number of carbonyl (C=O) groups excluding carboxylic acids is 3. The number of methoxy groups -OCH3 is 1. The van der Waals surface area contributed by atoms with E-state index in [9.17, 15) is 19.5 Å². The maximum atomic E-state index is 12.8. The molecule has 0 saturated carbocycles. The zero-order chi connectivity index (χ0) is 41.6. The molecule has 1 unspecified atom stereocenters. The lowest BCUT2D eigenvalue weighted by Crippen LogP contribution is -2.36. The quantitative estimate of drug-likeness (QED) is 0.0873. The second kappa shape index (κ2) is 17.6. The van der Waals surface area contributed by atoms with Crippen molar-refractivity contribution in [1.29, 1.82) is 0 Å². The number of aromatic nitrogens is 4. The highest BCUT2D eigenvalue weighted by molar-refractivity contribution is 6.12. The number of amides is 3. The Morgan fingerprint density at radius 3 is 1.69 bits per heavy atom. The number of benzene rings is 6. The van der Waals surface area contributed by atoms with Gasteiger partial charge in [0, 0.05) is 47.7 Å². The van der Waals surface area contributed by atoms with E-state index in [1.165, 1.54) is 0 Å². The molecule has 3 amide bonds. The molecule has 15 heteroatoms. The number of likely N-dealkylation sites (N-methyl/N-ethyl adjacent to an activating group) is 1. The van der Waals surface area contributed by atoms with Crippen LogP contribution < -0.4 is 31.6 Å². The number of ether oxygens (including phenoxy) is 2. The molecule has 0 aliphatic carbocycles. The number of hydrogen-bond donors (Lipinski definition) is 5. The third-order valence-corrected chi connectivity index (χ3v) is 9.60. The van der Waals surface area contributed by atoms with Gasteiger partial charge in [-0.15, -0.1) is 0 Å². The molecule has 0 fully saturated rings. The van der Waals surface area contributed by atoms with Gasteiger partial charge in [-0.3, -0.25) is 14.4 Å². The fourth-order valence-corrected chi connectivity index (χ4v) is 6.68. The maximum absolute atomic E-state index is 12.8. The third kappa shape index (κ3) is 8.62. The average Bonchev–Trinajstić information content (AvgIpc) is 3.25. The number of primary amides is 1. The molecule has 8 rings (SSSR count). The lowest BCUT2D eigenvalue weighted by atomic mass is 10.1. The molecule has 1 atom stereocenters. The molecule has 300 valence electrons. The van der Waals surface area contributed by atoms with Gasteiger partial charge in [-0.25, -0.2) is 19.9 Å². The van der Waals surface area contributed by atoms with Crippen LogP contribution in [0.2, 0.25) is 0 Å². The summed E-state index contributed by atoms with van der Waals surface area (Å²) in [7, 11) is 5.53. The number of hydrogen-bond acceptors (Lipinski definition) is 12. The van der Waals surface area contributed by atoms with Crippen LogP contribution in [0.3, 0.4) is 0 Å². The van der Waals surface area contributed by atoms with Crippen LogP contribution >= 0.6 is 0 Å². The van der Waals surface area contributed by atoms with E-state index in [4.69, 9.17) is 35.9 Å². The normalized spacial score (nSPS) is 11.8. The Bertz CT molecular complexity index is 2890. The van der Waals surface area contributed by atoms with Gasteiger partial charge in [-0.1, -0.05) is 36.4 Å². The van der Waals surface area contributed by atoms with Gasteiger partial charge < -0.3 is 41.6 Å². The molecule has 0 bridgehead atoms. The molecular weight excluding hydrogens is 751 g/mol. The summed E-state index contributed by atoms with van der Waals surface area (Å²) < 4.78 is 11.0. The number of rotatable bonds is 12. The summed E-state index contributed by atoms with van der Waals surface area (Å²) >= 11 is 0. The predicted octanol–water partition coefficient (Wildman–Crippen LogP) is 4.09. The van der Waals surface area contributed by atoms with Crippen molar-refractivity contribution in [1.82, 2.24) is 35.5 Å². The first kappa shape index (κ1) is 40.1. The molecule has 6 aromatic carbocycles. The second-order valence-corrected chi connectivity index (χ2v) is 14.0. The highest BCUT2D eigenvalue weighted by atomic mass is 16.5. The monoisotopic (exact) mass is 793 g/mol. The van der Waals surface area contributed by atoms with Gasteiger partial charge in [-0.2, -0.15) is 0 Å². The number of fused-ring (bicyclic) bond motifs is 8. The third-order valence-electron chi connectivity index (χ3n) is 9.60. The van der Waals surface area contributed by atoms with Crippen LogP contribution in [0.1, 0.15) is 20.7 Å². The van der Waals surface area contributed by atoms with Gasteiger partial charge in [0.05, 0.1) is 57.4 Å². The van der Waals surface area contributed by atoms with Crippen LogP contribution in [-0.4, -0.2) is 108 Å². The minimum atomic E-state index is -0.790. The zero-order valence-electron chi connectivity index (χ0n) is 32.7. The van der Waals surface area contributed by atoms with E-state index in [0.29, 0.717) is 62.0 Å². The number of nitrogens with two attached hydrogens (primary N) is 2. The molecule has 0 aliphatic heterocycles. The van der Waals surface area contributed by atoms with Gasteiger partial charge in [0.1, 0.15) is 22.5 Å². The summed E-state index contributed by atoms with van der Waals surface area (Å²) in [6, 6.07) is 29.5. The topological polar surface area (TPSA) is 221 Å². The minimum Gasteiger partial charge on any atom is -0.496 e. The first-order valence-electron chi connectivity index (χ1n) is 18.8. The van der Waals surface area contributed by atoms with E-state index in [-0.39, 0.29) is 31.5 Å². The summed E-state index contributed by atoms with van der Waals surface area (Å²) in [4.78, 5) is 57.5. The average molecular weight is 794 g/mol. The van der Waals surface area contributed by atoms with Crippen LogP contribution in [-0.2, 0) is 4.79 Å². The lowest BCUT2D eigenvalue weighted by molar-refractivity contribution is -0.119. The smallest absolute Gasteiger partial charge is 0.255 e. The zero-order valence-corrected chi connectivity index (χ0v) is 32.7. The SMILES string of the molecule is CN(C)CCNC(=O)c1cccc2nc3ccc4c(OCC(N)=O)cccc4c3nc12.COc1cccc2c1ccc1nc3cccc(C(=O)NCC(O)CN)c3nc12. The van der Waals surface area contributed by atoms with Crippen LogP contribution in [0, 0.1) is 0 Å². The highest BCUT2D eigenvalue weighted by Gasteiger charge is 2.17. The number of nitrogens with one attached hydrogen (secondary N) is 2. The first-order valence-corrected chi connectivity index (χ1v) is 18.8. The van der Waals surface area contributed by atoms with Crippen molar-refractivity contribution in [2.75, 3.05) is 54.0 Å². The van der Waals surface area contributed by atoms with Crippen molar-refractivity contribution >= 4 is 83.4 Å². The van der Waals surface area contributed by atoms with E-state index < -0.39 is 12.0 Å². The molecule has 59 heavy (non-hydrogen) atoms. The van der Waals surface area contributed by atoms with E-state index in [2.05, 4.69) is 15.6 Å². The summed E-state index contributed by atoms with van der Waals surface area (Å²) in [5.41, 5.74) is 16.6. The Morgan fingerprint density at radius 1 is 0.661 bits per heavy atom. The van der Waals surface area contributed by atoms with E-state index in [0.717, 1.165) is 39.4 Å². The van der Waals surface area contributed by atoms with Gasteiger partial charge in [0.15, 0.2) is 6.61 Å². The number of aliphatic hydroxyl groups is 1. The molecule has 7 N–H and O–H groups in total. The molecule has 0 saturated heterocycles. The van der Waals surface area contributed by atoms with Crippen LogP contribution in [0.5, 0.6) is 11.5 Å². The summed E-state index contributed by atoms with van der Waals surface area (Å²) in [5, 5.41) is 18.7. The molecule has 15 nitrogen and oxygen atoms in total. The Kier molecular flexibility index (Phi) is 12.0. The fraction of sp³-hybridized carbons (Fsp3) is 0.205. The summed E-state index contributed by atoms with van der Waals surface area (Å²) in [6.07, 6.45) is -0.790. The summed E-state index contributed by atoms with van der Waals surface area (Å²) in [5.74, 6) is 0.225. The van der Waals surface area contributed by atoms with Crippen molar-refractivity contribution in [3.8, 4) is 11.5 Å². The van der Waals surface area contributed by atoms with E-state index >= 15 is 0 Å². The Labute approximate surface area is 338 Å². The predicted molar refractivity (Wildman–Crippen MR) is 229 cm³/mol. The highest BCUT2D eigenvalue weighted by Crippen LogP contribution is 2.33. The molecule has 2 aromatic heterocycles. The Balaban J connectivity index is 0.000000180. The number of carbonyl (C=O) groups is 3. The van der Waals surface area contributed by atoms with Gasteiger partial charge >= 0.3 is 0 Å². The van der Waals surface area contributed by atoms with Crippen molar-refractivity contribution in [3.63, 3.8) is 0 Å². The van der Waals surface area contributed by atoms with E-state index in [1.54, 1.807) is 37.4 Å². The van der Waals surface area contributed by atoms with Crippen molar-refractivity contribution < 1.29 is 29.0 Å². The molecular formula is C44H43N9O6. The molecule has 8 aromatic rings. The van der Waals surface area contributed by atoms with Crippen molar-refractivity contribution in [2.24, 2.45) is 11.5 Å². The molecule has 0 radical (unpaired) electrons. The first-order chi connectivity index (χ1) is 28.6. The van der Waals surface area contributed by atoms with Gasteiger partial charge in [0.2, 0.25) is 0 Å². The maximum Gasteiger partial charge on any atom is 0.255 e. The van der Waals surface area contributed by atoms with Crippen molar-refractivity contribution in [2.45, 2.75) is 6.10 Å². The van der Waals surface area contributed by atoms with Crippen LogP contribution in [0.25, 0.3) is 65.7 Å². The minimum absolute atomic E-state index is 0.0763. The second-order valence-electron chi connectivity index (χ2n) is 14.0. The largest absolute Gasteiger partial charge is 0.496 e. The van der Waals surface area contributed by atoms with E-state index in [1.807, 2.05) is 85.7 Å². The summed E-state index contributed by atoms with van der Waals surface area (Å²) in [6.45, 7) is 1.22. The van der Waals surface area contributed by atoms with Gasteiger partial charge in [-0.05, 0) is 74.8 Å². The molecule has 2 heterocycles. The standard InChI is InChI=1S/C23H23N5O3.C21H20N4O3/c1-28(2)12-11-25-23(30)16-6-3-7-17-22(16)27-21-15-5-4-8-19(31-13-20(24)29)14(15)9-10-18(21)26-17;1-28-18-7-3-4-14-13(18)8-9-17-19(14)25-20-15(5-2-6-16(20)24-17)21(27)23-11-12(26)10-22/h3-10H,11-13H2,1-2H3,(H2,24,29)(H,25,30);2-9,12,26H,10-11,22H2,1H3,(H,23,27). The van der Waals surface area contributed by atoms with Gasteiger partial charge in [0.25, 0.3) is 17.7 Å². The fourth-order valence-electron chi connectivity index (χ4n) is 6.68. The number of para-hydroxylation sites is 2. The lowest BCUT2D eigenvalue weighted by Gasteiger charge is -2.12. The number of aliphatic hydroxyl groups excluding tert-OH is 1.